The first-order valence-electron chi connectivity index (χ1n) is 5.92. The molecule has 1 amide bonds. The van der Waals surface area contributed by atoms with Gasteiger partial charge in [0, 0.05) is 16.3 Å². The molecule has 0 aliphatic rings. The van der Waals surface area contributed by atoms with E-state index in [0.29, 0.717) is 16.3 Å². The third-order valence-electron chi connectivity index (χ3n) is 2.86. The van der Waals surface area contributed by atoms with Crippen molar-refractivity contribution in [2.75, 3.05) is 12.4 Å². The van der Waals surface area contributed by atoms with Crippen LogP contribution in [0.1, 0.15) is 15.9 Å². The number of rotatable bonds is 3. The minimum Gasteiger partial charge on any atom is -0.496 e. The first-order chi connectivity index (χ1) is 9.51. The van der Waals surface area contributed by atoms with Gasteiger partial charge in [0.05, 0.1) is 10.7 Å². The summed E-state index contributed by atoms with van der Waals surface area (Å²) in [6.45, 7) is 1.92. The number of methoxy groups -OCH3 is 1. The summed E-state index contributed by atoms with van der Waals surface area (Å²) in [4.78, 5) is 12.2. The maximum absolute atomic E-state index is 12.2. The first-order valence-corrected chi connectivity index (χ1v) is 7.38. The molecule has 3 nitrogen and oxygen atoms in total. The molecule has 0 bridgehead atoms. The number of nitrogens with one attached hydrogen (secondary N) is 1. The number of anilines is 1. The number of halogens is 2. The molecular weight excluding hydrogens is 389 g/mol. The Balaban J connectivity index is 2.24. The van der Waals surface area contributed by atoms with Crippen molar-refractivity contribution in [1.82, 2.24) is 0 Å². The fourth-order valence-corrected chi connectivity index (χ4v) is 2.64. The van der Waals surface area contributed by atoms with Gasteiger partial charge in [-0.15, -0.1) is 0 Å². The van der Waals surface area contributed by atoms with Gasteiger partial charge in [-0.2, -0.15) is 0 Å². The van der Waals surface area contributed by atoms with Crippen molar-refractivity contribution >= 4 is 45.8 Å². The summed E-state index contributed by atoms with van der Waals surface area (Å²) < 4.78 is 6.07. The summed E-state index contributed by atoms with van der Waals surface area (Å²) in [5, 5.41) is 3.46. The van der Waals surface area contributed by atoms with E-state index >= 15 is 0 Å². The molecule has 0 radical (unpaired) electrons. The van der Waals surface area contributed by atoms with Crippen molar-refractivity contribution in [1.29, 1.82) is 0 Å². The molecule has 5 heteroatoms. The van der Waals surface area contributed by atoms with Gasteiger partial charge < -0.3 is 10.1 Å². The topological polar surface area (TPSA) is 38.3 Å². The normalized spacial score (nSPS) is 10.2. The lowest BCUT2D eigenvalue weighted by Crippen LogP contribution is -2.13. The second-order valence-corrected chi connectivity index (χ2v) is 5.86. The third-order valence-corrected chi connectivity index (χ3v) is 3.94. The van der Waals surface area contributed by atoms with E-state index in [9.17, 15) is 4.79 Å². The molecule has 2 aromatic rings. The Bertz CT molecular complexity index is 658. The molecule has 0 saturated carbocycles. The summed E-state index contributed by atoms with van der Waals surface area (Å²) in [6, 6.07) is 10.7. The van der Waals surface area contributed by atoms with Gasteiger partial charge in [0.15, 0.2) is 0 Å². The van der Waals surface area contributed by atoms with Crippen molar-refractivity contribution in [2.45, 2.75) is 6.92 Å². The summed E-state index contributed by atoms with van der Waals surface area (Å²) in [5.41, 5.74) is 2.26. The Kier molecular flexibility index (Phi) is 4.88. The van der Waals surface area contributed by atoms with Crippen LogP contribution < -0.4 is 10.1 Å². The van der Waals surface area contributed by atoms with Gasteiger partial charge in [0.2, 0.25) is 0 Å². The fraction of sp³-hybridized carbons (Fsp3) is 0.133. The number of ether oxygens (including phenoxy) is 1. The maximum Gasteiger partial charge on any atom is 0.255 e. The summed E-state index contributed by atoms with van der Waals surface area (Å²) >= 11 is 8.08. The smallest absolute Gasteiger partial charge is 0.255 e. The second-order valence-electron chi connectivity index (χ2n) is 4.26. The molecule has 0 spiro atoms. The van der Waals surface area contributed by atoms with Gasteiger partial charge in [-0.3, -0.25) is 4.79 Å². The van der Waals surface area contributed by atoms with E-state index in [1.807, 2.05) is 13.0 Å². The van der Waals surface area contributed by atoms with Crippen molar-refractivity contribution in [3.05, 3.63) is 56.1 Å². The van der Waals surface area contributed by atoms with Crippen molar-refractivity contribution in [3.63, 3.8) is 0 Å². The van der Waals surface area contributed by atoms with Gasteiger partial charge >= 0.3 is 0 Å². The zero-order valence-electron chi connectivity index (χ0n) is 11.0. The lowest BCUT2D eigenvalue weighted by molar-refractivity contribution is 0.102. The molecule has 0 atom stereocenters. The first kappa shape index (κ1) is 15.1. The van der Waals surface area contributed by atoms with Gasteiger partial charge in [-0.1, -0.05) is 17.7 Å². The molecule has 2 rings (SSSR count). The molecule has 0 unspecified atom stereocenters. The average molecular weight is 402 g/mol. The maximum atomic E-state index is 12.2. The van der Waals surface area contributed by atoms with Crippen LogP contribution in [0.15, 0.2) is 36.4 Å². The molecule has 20 heavy (non-hydrogen) atoms. The monoisotopic (exact) mass is 401 g/mol. The van der Waals surface area contributed by atoms with E-state index in [-0.39, 0.29) is 5.91 Å². The van der Waals surface area contributed by atoms with Crippen LogP contribution in [0.25, 0.3) is 0 Å². The molecule has 0 aliphatic carbocycles. The molecular formula is C15H13ClINO2. The molecule has 0 fully saturated rings. The van der Waals surface area contributed by atoms with Gasteiger partial charge in [-0.25, -0.2) is 0 Å². The van der Waals surface area contributed by atoms with Crippen LogP contribution in [-0.2, 0) is 0 Å². The van der Waals surface area contributed by atoms with Crippen LogP contribution >= 0.6 is 34.2 Å². The van der Waals surface area contributed by atoms with E-state index in [4.69, 9.17) is 16.3 Å². The fourth-order valence-electron chi connectivity index (χ4n) is 1.73. The number of hydrogen-bond acceptors (Lipinski definition) is 2. The molecule has 104 valence electrons. The zero-order chi connectivity index (χ0) is 14.7. The number of aryl methyl sites for hydroxylation is 1. The largest absolute Gasteiger partial charge is 0.496 e. The highest BCUT2D eigenvalue weighted by atomic mass is 127. The Morgan fingerprint density at radius 2 is 2.00 bits per heavy atom. The van der Waals surface area contributed by atoms with Gasteiger partial charge in [-0.05, 0) is 65.4 Å². The van der Waals surface area contributed by atoms with Crippen LogP contribution in [0.3, 0.4) is 0 Å². The molecule has 0 heterocycles. The van der Waals surface area contributed by atoms with Crippen molar-refractivity contribution in [2.24, 2.45) is 0 Å². The predicted octanol–water partition coefficient (Wildman–Crippen LogP) is 4.51. The Labute approximate surface area is 136 Å². The third kappa shape index (κ3) is 3.43. The standard InChI is InChI=1S/C15H13ClINO2/c1-9-3-5-11(16)8-13(9)18-15(19)10-4-6-14(20-2)12(17)7-10/h3-8H,1-2H3,(H,18,19). The number of hydrogen-bond donors (Lipinski definition) is 1. The quantitative estimate of drug-likeness (QED) is 0.768. The average Bonchev–Trinajstić information content (AvgIpc) is 2.42. The number of benzene rings is 2. The summed E-state index contributed by atoms with van der Waals surface area (Å²) in [7, 11) is 1.60. The number of amides is 1. The van der Waals surface area contributed by atoms with Crippen LogP contribution in [0.2, 0.25) is 5.02 Å². The van der Waals surface area contributed by atoms with Gasteiger partial charge in [0.1, 0.15) is 5.75 Å². The van der Waals surface area contributed by atoms with E-state index in [2.05, 4.69) is 27.9 Å². The summed E-state index contributed by atoms with van der Waals surface area (Å²) in [5.74, 6) is 0.581. The van der Waals surface area contributed by atoms with E-state index in [0.717, 1.165) is 14.9 Å². The Morgan fingerprint density at radius 3 is 2.65 bits per heavy atom. The highest BCUT2D eigenvalue weighted by molar-refractivity contribution is 14.1. The minimum absolute atomic E-state index is 0.170. The summed E-state index contributed by atoms with van der Waals surface area (Å²) in [6.07, 6.45) is 0. The van der Waals surface area contributed by atoms with E-state index in [1.165, 1.54) is 0 Å². The number of carbonyl (C=O) groups excluding carboxylic acids is 1. The highest BCUT2D eigenvalue weighted by Crippen LogP contribution is 2.24. The van der Waals surface area contributed by atoms with Crippen LogP contribution in [0.4, 0.5) is 5.69 Å². The van der Waals surface area contributed by atoms with Crippen molar-refractivity contribution in [3.8, 4) is 5.75 Å². The molecule has 0 saturated heterocycles. The number of carbonyl (C=O) groups is 1. The Morgan fingerprint density at radius 1 is 1.25 bits per heavy atom. The molecule has 0 aromatic heterocycles. The Hall–Kier alpha value is -1.27. The SMILES string of the molecule is COc1ccc(C(=O)Nc2cc(Cl)ccc2C)cc1I. The molecule has 0 aliphatic heterocycles. The highest BCUT2D eigenvalue weighted by Gasteiger charge is 2.10. The zero-order valence-corrected chi connectivity index (χ0v) is 13.9. The lowest BCUT2D eigenvalue weighted by Gasteiger charge is -2.10. The van der Waals surface area contributed by atoms with Gasteiger partial charge in [0.25, 0.3) is 5.91 Å². The molecule has 2 aromatic carbocycles. The minimum atomic E-state index is -0.170. The van der Waals surface area contributed by atoms with E-state index in [1.54, 1.807) is 37.4 Å². The van der Waals surface area contributed by atoms with E-state index < -0.39 is 0 Å². The van der Waals surface area contributed by atoms with Crippen LogP contribution in [0, 0.1) is 10.5 Å². The van der Waals surface area contributed by atoms with Crippen molar-refractivity contribution < 1.29 is 9.53 Å². The van der Waals surface area contributed by atoms with Crippen LogP contribution in [0.5, 0.6) is 5.75 Å². The lowest BCUT2D eigenvalue weighted by atomic mass is 10.1. The molecule has 1 N–H and O–H groups in total. The predicted molar refractivity (Wildman–Crippen MR) is 89.9 cm³/mol. The van der Waals surface area contributed by atoms with Crippen LogP contribution in [-0.4, -0.2) is 13.0 Å². The second kappa shape index (κ2) is 6.45.